The summed E-state index contributed by atoms with van der Waals surface area (Å²) in [5.41, 5.74) is 0. The molecule has 0 aromatic carbocycles. The van der Waals surface area contributed by atoms with Crippen LogP contribution in [0.1, 0.15) is 0 Å². The first-order valence-electron chi connectivity index (χ1n) is 0.775. The zero-order chi connectivity index (χ0) is 3.58. The van der Waals surface area contributed by atoms with Gasteiger partial charge in [0.1, 0.15) is 0 Å². The van der Waals surface area contributed by atoms with E-state index in [0.717, 1.165) is 0 Å². The third-order valence-electron chi connectivity index (χ3n) is 0. The van der Waals surface area contributed by atoms with Crippen LogP contribution in [0, 0.1) is 0 Å². The predicted molar refractivity (Wildman–Crippen MR) is 19.6 cm³/mol. The smallest absolute Gasteiger partial charge is 0.412 e. The Balaban J connectivity index is -0.0000000150. The van der Waals surface area contributed by atoms with Gasteiger partial charge in [0.05, 0.1) is 0 Å². The quantitative estimate of drug-likeness (QED) is 0.304. The van der Waals surface area contributed by atoms with Crippen LogP contribution < -0.4 is 0 Å². The van der Waals surface area contributed by atoms with Crippen LogP contribution in [-0.4, -0.2) is 33.3 Å². The summed E-state index contributed by atoms with van der Waals surface area (Å²) >= 11 is 0. The maximum atomic E-state index is 7.17. The molecule has 0 rings (SSSR count). The Labute approximate surface area is 55.7 Å². The third kappa shape index (κ3) is 411. The summed E-state index contributed by atoms with van der Waals surface area (Å²) in [4.78, 5) is 0. The van der Waals surface area contributed by atoms with Crippen LogP contribution in [0.15, 0.2) is 0 Å². The summed E-state index contributed by atoms with van der Waals surface area (Å²) in [7, 11) is -2.17. The fourth-order valence-electron chi connectivity index (χ4n) is 0. The Morgan fingerprint density at radius 1 is 0.857 bits per heavy atom. The van der Waals surface area contributed by atoms with Crippen molar-refractivity contribution in [1.82, 2.24) is 0 Å². The minimum absolute atomic E-state index is 0. The van der Waals surface area contributed by atoms with Gasteiger partial charge in [0.25, 0.3) is 0 Å². The Morgan fingerprint density at radius 3 is 0.857 bits per heavy atom. The molecule has 0 saturated heterocycles. The summed E-state index contributed by atoms with van der Waals surface area (Å²) in [6.07, 6.45) is 0. The molecule has 0 heterocycles. The zero-order valence-corrected chi connectivity index (χ0v) is 4.98. The molecule has 0 radical (unpaired) electrons. The molecule has 0 aromatic heterocycles. The van der Waals surface area contributed by atoms with Crippen LogP contribution in [0.2, 0.25) is 0 Å². The molecular formula is H7BO5Ti. The van der Waals surface area contributed by atoms with Gasteiger partial charge in [-0.1, -0.05) is 0 Å². The Bertz CT molecular complexity index is 12.8. The molecule has 44 valence electrons. The molecule has 0 spiro atoms. The summed E-state index contributed by atoms with van der Waals surface area (Å²) in [6, 6.07) is 0. The van der Waals surface area contributed by atoms with Gasteiger partial charge in [-0.05, 0) is 0 Å². The van der Waals surface area contributed by atoms with Gasteiger partial charge in [-0.25, -0.2) is 0 Å². The molecule has 5 nitrogen and oxygen atoms in total. The minimum atomic E-state index is -2.17. The van der Waals surface area contributed by atoms with Gasteiger partial charge in [0, 0.05) is 21.7 Å². The largest absolute Gasteiger partial charge is 0.631 e. The van der Waals surface area contributed by atoms with E-state index < -0.39 is 7.32 Å². The van der Waals surface area contributed by atoms with Crippen molar-refractivity contribution < 1.29 is 47.7 Å². The second kappa shape index (κ2) is 16.0. The SMILES string of the molecule is O.O.OB(O)O.[Ti]. The molecule has 0 bridgehead atoms. The monoisotopic (exact) mass is 146 g/mol. The van der Waals surface area contributed by atoms with E-state index in [9.17, 15) is 0 Å². The van der Waals surface area contributed by atoms with Crippen LogP contribution in [0.3, 0.4) is 0 Å². The number of hydrogen-bond acceptors (Lipinski definition) is 3. The molecule has 0 aliphatic rings. The molecule has 7 N–H and O–H groups in total. The van der Waals surface area contributed by atoms with Crippen LogP contribution in [0.25, 0.3) is 0 Å². The van der Waals surface area contributed by atoms with Crippen LogP contribution in [-0.2, 0) is 21.7 Å². The van der Waals surface area contributed by atoms with Crippen molar-refractivity contribution in [2.75, 3.05) is 0 Å². The van der Waals surface area contributed by atoms with Gasteiger partial charge < -0.3 is 26.0 Å². The predicted octanol–water partition coefficient (Wildman–Crippen LogP) is -3.70. The zero-order valence-electron chi connectivity index (χ0n) is 3.42. The molecule has 0 amide bonds. The van der Waals surface area contributed by atoms with Crippen LogP contribution in [0.4, 0.5) is 0 Å². The molecular weight excluding hydrogens is 139 g/mol. The molecule has 0 aromatic rings. The molecule has 0 aliphatic heterocycles. The van der Waals surface area contributed by atoms with E-state index in [2.05, 4.69) is 0 Å². The van der Waals surface area contributed by atoms with Crippen molar-refractivity contribution in [2.45, 2.75) is 0 Å². The molecule has 0 aliphatic carbocycles. The number of hydrogen-bond donors (Lipinski definition) is 3. The van der Waals surface area contributed by atoms with Gasteiger partial charge in [-0.2, -0.15) is 0 Å². The van der Waals surface area contributed by atoms with Gasteiger partial charge in [-0.15, -0.1) is 0 Å². The molecule has 0 fully saturated rings. The Kier molecular flexibility index (Phi) is 58.5. The van der Waals surface area contributed by atoms with E-state index in [4.69, 9.17) is 15.1 Å². The van der Waals surface area contributed by atoms with E-state index >= 15 is 0 Å². The van der Waals surface area contributed by atoms with Gasteiger partial charge in [-0.3, -0.25) is 0 Å². The van der Waals surface area contributed by atoms with Crippen LogP contribution in [0.5, 0.6) is 0 Å². The van der Waals surface area contributed by atoms with Crippen molar-refractivity contribution in [1.29, 1.82) is 0 Å². The first-order valence-corrected chi connectivity index (χ1v) is 0.775. The van der Waals surface area contributed by atoms with Gasteiger partial charge >= 0.3 is 7.32 Å². The fraction of sp³-hybridized carbons (Fsp3) is 0. The first-order chi connectivity index (χ1) is 1.73. The van der Waals surface area contributed by atoms with Crippen molar-refractivity contribution >= 4 is 7.32 Å². The van der Waals surface area contributed by atoms with E-state index in [0.29, 0.717) is 0 Å². The van der Waals surface area contributed by atoms with E-state index in [-0.39, 0.29) is 32.7 Å². The Hall–Kier alpha value is 0.579. The third-order valence-corrected chi connectivity index (χ3v) is 0. The van der Waals surface area contributed by atoms with Gasteiger partial charge in [0.15, 0.2) is 0 Å². The van der Waals surface area contributed by atoms with Crippen molar-refractivity contribution in [3.8, 4) is 0 Å². The molecule has 0 saturated carbocycles. The summed E-state index contributed by atoms with van der Waals surface area (Å²) in [5, 5.41) is 21.5. The average molecular weight is 146 g/mol. The van der Waals surface area contributed by atoms with Crippen molar-refractivity contribution in [3.63, 3.8) is 0 Å². The standard InChI is InChI=1S/BH3O3.2H2O.Ti/c2-1(3)4;;;/h2-4H;2*1H2;. The molecule has 7 heavy (non-hydrogen) atoms. The maximum Gasteiger partial charge on any atom is 0.631 e. The molecule has 0 unspecified atom stereocenters. The van der Waals surface area contributed by atoms with Crippen molar-refractivity contribution in [2.24, 2.45) is 0 Å². The van der Waals surface area contributed by atoms with E-state index in [1.54, 1.807) is 0 Å². The fourth-order valence-corrected chi connectivity index (χ4v) is 0. The normalized spacial score (nSPS) is 3.86. The Morgan fingerprint density at radius 2 is 0.857 bits per heavy atom. The first kappa shape index (κ1) is 25.6. The van der Waals surface area contributed by atoms with E-state index in [1.807, 2.05) is 0 Å². The maximum absolute atomic E-state index is 7.17. The molecule has 7 heteroatoms. The van der Waals surface area contributed by atoms with E-state index in [1.165, 1.54) is 0 Å². The second-order valence-electron chi connectivity index (χ2n) is 0.346. The average Bonchev–Trinajstić information content (AvgIpc) is 0.811. The van der Waals surface area contributed by atoms with Crippen LogP contribution >= 0.6 is 0 Å². The van der Waals surface area contributed by atoms with Gasteiger partial charge in [0.2, 0.25) is 0 Å². The summed E-state index contributed by atoms with van der Waals surface area (Å²) in [5.74, 6) is 0. The second-order valence-corrected chi connectivity index (χ2v) is 0.346. The minimum Gasteiger partial charge on any atom is -0.412 e. The topological polar surface area (TPSA) is 124 Å². The molecule has 0 atom stereocenters. The summed E-state index contributed by atoms with van der Waals surface area (Å²) in [6.45, 7) is 0. The number of rotatable bonds is 0. The van der Waals surface area contributed by atoms with Crippen molar-refractivity contribution in [3.05, 3.63) is 0 Å². The summed E-state index contributed by atoms with van der Waals surface area (Å²) < 4.78 is 0.